The number of pyridine rings is 1. The van der Waals surface area contributed by atoms with Crippen molar-refractivity contribution in [3.8, 4) is 16.8 Å². The molecule has 1 aliphatic rings. The van der Waals surface area contributed by atoms with Crippen LogP contribution >= 0.6 is 0 Å². The number of Topliss-reactive ketones (excluding diaryl/α,β-unsaturated/α-hetero) is 1. The fourth-order valence-electron chi connectivity index (χ4n) is 6.55. The van der Waals surface area contributed by atoms with Crippen molar-refractivity contribution in [1.82, 2.24) is 28.8 Å². The maximum Gasteiger partial charge on any atom is 0.337 e. The normalized spacial score (nSPS) is 16.9. The van der Waals surface area contributed by atoms with Crippen LogP contribution < -0.4 is 11.2 Å². The SMILES string of the molecule is Cc1cc(C(=O)CC2CCC(n3c(=O)c4cc(F)cnc4n(-c4cccc(-c5ccc(CN(C)C(C)(C)C)cc5)c4)c3=O)CC2)nn1C. The zero-order valence-corrected chi connectivity index (χ0v) is 28.5. The van der Waals surface area contributed by atoms with Crippen LogP contribution in [0.4, 0.5) is 4.39 Å². The van der Waals surface area contributed by atoms with E-state index in [0.717, 1.165) is 35.6 Å². The van der Waals surface area contributed by atoms with E-state index >= 15 is 0 Å². The van der Waals surface area contributed by atoms with Crippen LogP contribution in [0.15, 0.2) is 76.4 Å². The molecule has 0 radical (unpaired) electrons. The lowest BCUT2D eigenvalue weighted by Gasteiger charge is -2.31. The molecule has 0 N–H and O–H groups in total. The summed E-state index contributed by atoms with van der Waals surface area (Å²) in [7, 11) is 3.92. The molecular weight excluding hydrogens is 607 g/mol. The summed E-state index contributed by atoms with van der Waals surface area (Å²) in [5.74, 6) is -0.513. The van der Waals surface area contributed by atoms with Gasteiger partial charge in [-0.2, -0.15) is 5.10 Å². The van der Waals surface area contributed by atoms with E-state index in [1.165, 1.54) is 14.7 Å². The van der Waals surface area contributed by atoms with Crippen molar-refractivity contribution in [2.24, 2.45) is 13.0 Å². The van der Waals surface area contributed by atoms with Gasteiger partial charge in [-0.3, -0.25) is 23.7 Å². The highest BCUT2D eigenvalue weighted by molar-refractivity contribution is 5.94. The summed E-state index contributed by atoms with van der Waals surface area (Å²) < 4.78 is 18.9. The summed E-state index contributed by atoms with van der Waals surface area (Å²) in [6.07, 6.45) is 3.88. The Morgan fingerprint density at radius 2 is 1.69 bits per heavy atom. The fourth-order valence-corrected chi connectivity index (χ4v) is 6.55. The standard InChI is InChI=1S/C38H43FN6O3/c1-24-18-33(41-43(24)6)34(46)19-25-12-16-30(17-13-25)45-36(47)32-21-29(39)22-40-35(32)44(37(45)48)31-9-7-8-28(20-31)27-14-10-26(11-15-27)23-42(5)38(2,3)4/h7-11,14-15,18,20-22,25,30H,12-13,16-17,19,23H2,1-6H3. The molecule has 1 fully saturated rings. The second-order valence-corrected chi connectivity index (χ2v) is 14.2. The first-order chi connectivity index (χ1) is 22.8. The molecule has 5 aromatic rings. The molecule has 6 rings (SSSR count). The first-order valence-corrected chi connectivity index (χ1v) is 16.6. The summed E-state index contributed by atoms with van der Waals surface area (Å²) in [5, 5.41) is 4.37. The smallest absolute Gasteiger partial charge is 0.297 e. The Hall–Kier alpha value is -4.70. The largest absolute Gasteiger partial charge is 0.337 e. The highest BCUT2D eigenvalue weighted by Gasteiger charge is 2.29. The second kappa shape index (κ2) is 13.1. The third-order valence-corrected chi connectivity index (χ3v) is 9.90. The Bertz CT molecular complexity index is 2080. The number of hydrogen-bond donors (Lipinski definition) is 0. The molecule has 0 amide bonds. The van der Waals surface area contributed by atoms with Gasteiger partial charge in [-0.25, -0.2) is 18.7 Å². The van der Waals surface area contributed by atoms with Crippen molar-refractivity contribution >= 4 is 16.8 Å². The second-order valence-electron chi connectivity index (χ2n) is 14.2. The molecule has 250 valence electrons. The van der Waals surface area contributed by atoms with Crippen molar-refractivity contribution in [1.29, 1.82) is 0 Å². The van der Waals surface area contributed by atoms with Crippen molar-refractivity contribution in [3.63, 3.8) is 0 Å². The van der Waals surface area contributed by atoms with Crippen LogP contribution in [0.25, 0.3) is 27.8 Å². The van der Waals surface area contributed by atoms with Crippen LogP contribution in [-0.2, 0) is 13.6 Å². The third-order valence-electron chi connectivity index (χ3n) is 9.90. The summed E-state index contributed by atoms with van der Waals surface area (Å²) in [4.78, 5) is 47.5. The average molecular weight is 651 g/mol. The van der Waals surface area contributed by atoms with E-state index in [1.54, 1.807) is 16.8 Å². The molecule has 3 heterocycles. The number of benzene rings is 2. The molecule has 0 saturated heterocycles. The van der Waals surface area contributed by atoms with Crippen molar-refractivity contribution in [3.05, 3.63) is 110 Å². The topological polar surface area (TPSA) is 95.0 Å². The lowest BCUT2D eigenvalue weighted by atomic mass is 9.82. The van der Waals surface area contributed by atoms with E-state index in [-0.39, 0.29) is 34.3 Å². The fraction of sp³-hybridized carbons (Fsp3) is 0.395. The maximum atomic E-state index is 14.5. The molecule has 0 bridgehead atoms. The Morgan fingerprint density at radius 3 is 2.33 bits per heavy atom. The zero-order chi connectivity index (χ0) is 34.3. The lowest BCUT2D eigenvalue weighted by Crippen LogP contribution is -2.43. The Kier molecular flexibility index (Phi) is 9.04. The molecule has 0 aliphatic heterocycles. The third kappa shape index (κ3) is 6.67. The van der Waals surface area contributed by atoms with Crippen molar-refractivity contribution in [2.75, 3.05) is 7.05 Å². The maximum absolute atomic E-state index is 14.5. The number of nitrogens with zero attached hydrogens (tertiary/aromatic N) is 6. The molecule has 0 unspecified atom stereocenters. The summed E-state index contributed by atoms with van der Waals surface area (Å²) >= 11 is 0. The monoisotopic (exact) mass is 650 g/mol. The summed E-state index contributed by atoms with van der Waals surface area (Å²) in [6.45, 7) is 9.28. The Morgan fingerprint density at radius 1 is 0.979 bits per heavy atom. The van der Waals surface area contributed by atoms with Gasteiger partial charge in [-0.1, -0.05) is 36.4 Å². The van der Waals surface area contributed by atoms with Crippen LogP contribution in [0.5, 0.6) is 0 Å². The van der Waals surface area contributed by atoms with Gasteiger partial charge in [0.05, 0.1) is 17.3 Å². The number of carbonyl (C=O) groups excluding carboxylic acids is 1. The molecule has 48 heavy (non-hydrogen) atoms. The summed E-state index contributed by atoms with van der Waals surface area (Å²) in [6, 6.07) is 18.5. The van der Waals surface area contributed by atoms with Crippen LogP contribution in [0, 0.1) is 18.7 Å². The number of aromatic nitrogens is 5. The van der Waals surface area contributed by atoms with Crippen molar-refractivity contribution < 1.29 is 9.18 Å². The van der Waals surface area contributed by atoms with E-state index in [1.807, 2.05) is 32.2 Å². The van der Waals surface area contributed by atoms with E-state index in [0.29, 0.717) is 43.5 Å². The lowest BCUT2D eigenvalue weighted by molar-refractivity contribution is 0.0937. The first-order valence-electron chi connectivity index (χ1n) is 16.6. The number of fused-ring (bicyclic) bond motifs is 1. The number of hydrogen-bond acceptors (Lipinski definition) is 6. The highest BCUT2D eigenvalue weighted by Crippen LogP contribution is 2.34. The Labute approximate surface area is 279 Å². The van der Waals surface area contributed by atoms with Gasteiger partial charge in [0.1, 0.15) is 11.5 Å². The minimum absolute atomic E-state index is 0.000641. The average Bonchev–Trinajstić information content (AvgIpc) is 3.40. The molecular formula is C38H43FN6O3. The number of halogens is 1. The van der Waals surface area contributed by atoms with E-state index in [2.05, 4.69) is 67.1 Å². The van der Waals surface area contributed by atoms with E-state index in [4.69, 9.17) is 0 Å². The first kappa shape index (κ1) is 33.2. The molecule has 0 atom stereocenters. The Balaban J connectivity index is 1.30. The van der Waals surface area contributed by atoms with Crippen LogP contribution in [0.3, 0.4) is 0 Å². The predicted octanol–water partition coefficient (Wildman–Crippen LogP) is 6.63. The minimum atomic E-state index is -0.644. The van der Waals surface area contributed by atoms with Gasteiger partial charge in [-0.05, 0) is 107 Å². The van der Waals surface area contributed by atoms with Crippen LogP contribution in [0.1, 0.15) is 80.7 Å². The number of aryl methyl sites for hydroxylation is 2. The predicted molar refractivity (Wildman–Crippen MR) is 186 cm³/mol. The zero-order valence-electron chi connectivity index (χ0n) is 28.5. The molecule has 1 aliphatic carbocycles. The molecule has 2 aromatic carbocycles. The van der Waals surface area contributed by atoms with Gasteiger partial charge in [0.15, 0.2) is 11.4 Å². The number of rotatable bonds is 8. The number of ketones is 1. The molecule has 0 spiro atoms. The van der Waals surface area contributed by atoms with Gasteiger partial charge in [0.2, 0.25) is 0 Å². The van der Waals surface area contributed by atoms with E-state index in [9.17, 15) is 18.8 Å². The molecule has 1 saturated carbocycles. The van der Waals surface area contributed by atoms with Gasteiger partial charge in [0.25, 0.3) is 5.56 Å². The van der Waals surface area contributed by atoms with Crippen LogP contribution in [-0.4, -0.2) is 47.2 Å². The van der Waals surface area contributed by atoms with Gasteiger partial charge in [0, 0.05) is 37.3 Å². The van der Waals surface area contributed by atoms with Gasteiger partial charge < -0.3 is 0 Å². The number of carbonyl (C=O) groups is 1. The van der Waals surface area contributed by atoms with Crippen molar-refractivity contribution in [2.45, 2.75) is 77.9 Å². The minimum Gasteiger partial charge on any atom is -0.297 e. The van der Waals surface area contributed by atoms with Gasteiger partial charge >= 0.3 is 5.69 Å². The van der Waals surface area contributed by atoms with Crippen LogP contribution in [0.2, 0.25) is 0 Å². The molecule has 10 heteroatoms. The molecule has 3 aromatic heterocycles. The molecule has 9 nitrogen and oxygen atoms in total. The van der Waals surface area contributed by atoms with Gasteiger partial charge in [-0.15, -0.1) is 0 Å². The summed E-state index contributed by atoms with van der Waals surface area (Å²) in [5.41, 5.74) is 4.11. The quantitative estimate of drug-likeness (QED) is 0.175. The highest BCUT2D eigenvalue weighted by atomic mass is 19.1. The van der Waals surface area contributed by atoms with E-state index < -0.39 is 17.1 Å².